The van der Waals surface area contributed by atoms with Crippen LogP contribution in [0.3, 0.4) is 0 Å². The Kier molecular flexibility index (Phi) is 18.8. The van der Waals surface area contributed by atoms with Gasteiger partial charge in [-0.2, -0.15) is 0 Å². The highest BCUT2D eigenvalue weighted by molar-refractivity contribution is 6.31. The summed E-state index contributed by atoms with van der Waals surface area (Å²) in [4.78, 5) is 0. The summed E-state index contributed by atoms with van der Waals surface area (Å²) in [6, 6.07) is 12.2. The molecule has 0 aromatic heterocycles. The Balaban J connectivity index is 2.21. The van der Waals surface area contributed by atoms with Crippen molar-refractivity contribution in [2.24, 2.45) is 0 Å². The maximum absolute atomic E-state index is 11.7. The van der Waals surface area contributed by atoms with Crippen LogP contribution in [-0.2, 0) is 42.1 Å². The first-order valence-electron chi connectivity index (χ1n) is 18.7. The number of aliphatic hydroxyl groups is 1. The lowest BCUT2D eigenvalue weighted by Gasteiger charge is -2.53. The number of phenols is 1. The second-order valence-corrected chi connectivity index (χ2v) is 13.5. The van der Waals surface area contributed by atoms with E-state index in [2.05, 4.69) is 58.9 Å². The topological polar surface area (TPSA) is 86.6 Å². The van der Waals surface area contributed by atoms with E-state index in [0.29, 0.717) is 62.9 Å². The highest BCUT2D eigenvalue weighted by Gasteiger charge is 2.58. The molecule has 0 aliphatic carbocycles. The lowest BCUT2D eigenvalue weighted by molar-refractivity contribution is -0.310. The maximum atomic E-state index is 11.7. The number of benzene rings is 2. The fraction of sp³-hybridized carbons (Fsp3) is 0.700. The molecule has 7 nitrogen and oxygen atoms in total. The van der Waals surface area contributed by atoms with Crippen LogP contribution >= 0.6 is 11.6 Å². The van der Waals surface area contributed by atoms with Gasteiger partial charge < -0.3 is 33.9 Å². The third-order valence-corrected chi connectivity index (χ3v) is 9.65. The highest BCUT2D eigenvalue weighted by Crippen LogP contribution is 2.49. The normalized spacial score (nSPS) is 22.7. The van der Waals surface area contributed by atoms with Crippen LogP contribution in [0.2, 0.25) is 5.02 Å². The molecule has 1 heterocycles. The number of halogens is 1. The molecule has 2 N–H and O–H groups in total. The van der Waals surface area contributed by atoms with E-state index < -0.39 is 30.0 Å². The van der Waals surface area contributed by atoms with Crippen LogP contribution in [0.1, 0.15) is 121 Å². The predicted octanol–water partition coefficient (Wildman–Crippen LogP) is 8.94. The number of rotatable bonds is 24. The Bertz CT molecular complexity index is 1160. The largest absolute Gasteiger partial charge is 0.508 e. The van der Waals surface area contributed by atoms with Gasteiger partial charge in [-0.05, 0) is 80.2 Å². The van der Waals surface area contributed by atoms with Gasteiger partial charge in [0.2, 0.25) is 0 Å². The molecule has 48 heavy (non-hydrogen) atoms. The van der Waals surface area contributed by atoms with Crippen LogP contribution in [0.5, 0.6) is 5.75 Å². The van der Waals surface area contributed by atoms with E-state index in [4.69, 9.17) is 35.3 Å². The molecule has 2 aromatic rings. The van der Waals surface area contributed by atoms with Gasteiger partial charge in [0.25, 0.3) is 0 Å². The molecule has 0 radical (unpaired) electrons. The summed E-state index contributed by atoms with van der Waals surface area (Å²) in [7, 11) is 0. The molecule has 3 rings (SSSR count). The van der Waals surface area contributed by atoms with Crippen molar-refractivity contribution in [1.82, 2.24) is 0 Å². The van der Waals surface area contributed by atoms with Crippen molar-refractivity contribution >= 4 is 11.6 Å². The first-order chi connectivity index (χ1) is 23.4. The predicted molar refractivity (Wildman–Crippen MR) is 194 cm³/mol. The van der Waals surface area contributed by atoms with Gasteiger partial charge >= 0.3 is 0 Å². The van der Waals surface area contributed by atoms with Crippen molar-refractivity contribution in [2.45, 2.75) is 142 Å². The Morgan fingerprint density at radius 2 is 1.33 bits per heavy atom. The van der Waals surface area contributed by atoms with Gasteiger partial charge in [0, 0.05) is 43.6 Å². The van der Waals surface area contributed by atoms with E-state index in [1.165, 1.54) is 5.56 Å². The Morgan fingerprint density at radius 1 is 0.750 bits per heavy atom. The van der Waals surface area contributed by atoms with Crippen LogP contribution in [-0.4, -0.2) is 74.3 Å². The molecule has 5 atom stereocenters. The zero-order valence-corrected chi connectivity index (χ0v) is 31.1. The molecular formula is C40H63ClO7. The number of hydrogen-bond acceptors (Lipinski definition) is 7. The Hall–Kier alpha value is -1.71. The third-order valence-electron chi connectivity index (χ3n) is 9.30. The second kappa shape index (κ2) is 22.2. The third kappa shape index (κ3) is 11.4. The molecule has 0 spiro atoms. The number of aliphatic hydroxyl groups excluding tert-OH is 1. The zero-order valence-electron chi connectivity index (χ0n) is 30.3. The standard InChI is InChI=1S/C40H63ClO7/c1-6-11-22-44-29-36-37(45-23-12-7-2)38(46-24-13-8-3)39(47-25-14-9-4)40(48-36,20-15-21-42)33-27-32(34(41)28-35(33)43)26-31-18-16-30(10-5)17-19-31/h16-19,27-28,36-39,42-43H,6-15,20-26,29H2,1-5H3/t36-,37-,38+,39-,40+/m1/s1. The van der Waals surface area contributed by atoms with E-state index in [1.54, 1.807) is 6.07 Å². The van der Waals surface area contributed by atoms with Crippen molar-refractivity contribution in [3.63, 3.8) is 0 Å². The summed E-state index contributed by atoms with van der Waals surface area (Å²) < 4.78 is 33.7. The molecule has 1 fully saturated rings. The van der Waals surface area contributed by atoms with Crippen molar-refractivity contribution in [3.05, 3.63) is 63.7 Å². The van der Waals surface area contributed by atoms with Crippen molar-refractivity contribution in [3.8, 4) is 5.75 Å². The van der Waals surface area contributed by atoms with Gasteiger partial charge in [0.1, 0.15) is 35.8 Å². The number of phenolic OH excluding ortho intramolecular Hbond substituents is 1. The number of ether oxygens (including phenoxy) is 5. The molecule has 0 unspecified atom stereocenters. The maximum Gasteiger partial charge on any atom is 0.126 e. The van der Waals surface area contributed by atoms with Gasteiger partial charge in [-0.15, -0.1) is 0 Å². The molecule has 1 aliphatic heterocycles. The average molecular weight is 691 g/mol. The number of hydrogen-bond donors (Lipinski definition) is 2. The van der Waals surface area contributed by atoms with E-state index >= 15 is 0 Å². The molecule has 0 amide bonds. The smallest absolute Gasteiger partial charge is 0.126 e. The molecule has 8 heteroatoms. The van der Waals surface area contributed by atoms with Gasteiger partial charge in [0.05, 0.1) is 6.61 Å². The second-order valence-electron chi connectivity index (χ2n) is 13.1. The lowest BCUT2D eigenvalue weighted by atomic mass is 9.75. The SMILES string of the molecule is CCCCOC[C@H]1O[C@@](CCCO)(c2cc(Cc3ccc(CC)cc3)c(Cl)cc2O)[C@H](OCCCC)[C@@H](OCCCC)[C@@H]1OCCCC. The monoisotopic (exact) mass is 690 g/mol. The quantitative estimate of drug-likeness (QED) is 0.106. The zero-order chi connectivity index (χ0) is 34.8. The van der Waals surface area contributed by atoms with E-state index in [-0.39, 0.29) is 12.4 Å². The van der Waals surface area contributed by atoms with Gasteiger partial charge in [-0.1, -0.05) is 96.2 Å². The van der Waals surface area contributed by atoms with Crippen molar-refractivity contribution in [2.75, 3.05) is 39.6 Å². The Morgan fingerprint density at radius 3 is 1.94 bits per heavy atom. The number of aromatic hydroxyl groups is 1. The molecule has 2 aromatic carbocycles. The van der Waals surface area contributed by atoms with Gasteiger partial charge in [-0.25, -0.2) is 0 Å². The summed E-state index contributed by atoms with van der Waals surface area (Å²) in [5.41, 5.74) is 2.72. The summed E-state index contributed by atoms with van der Waals surface area (Å²) in [5.74, 6) is 0.0374. The summed E-state index contributed by atoms with van der Waals surface area (Å²) in [6.07, 6.45) is 8.00. The lowest BCUT2D eigenvalue weighted by Crippen LogP contribution is -2.66. The van der Waals surface area contributed by atoms with Gasteiger partial charge in [-0.3, -0.25) is 0 Å². The average Bonchev–Trinajstić information content (AvgIpc) is 3.09. The van der Waals surface area contributed by atoms with E-state index in [1.807, 2.05) is 6.07 Å². The van der Waals surface area contributed by atoms with Crippen LogP contribution in [0.15, 0.2) is 36.4 Å². The van der Waals surface area contributed by atoms with Crippen LogP contribution in [0, 0.1) is 0 Å². The molecule has 1 aliphatic rings. The molecule has 1 saturated heterocycles. The minimum absolute atomic E-state index is 0.0345. The fourth-order valence-electron chi connectivity index (χ4n) is 6.41. The van der Waals surface area contributed by atoms with E-state index in [9.17, 15) is 10.2 Å². The number of aryl methyl sites for hydroxylation is 1. The van der Waals surface area contributed by atoms with Crippen LogP contribution in [0.4, 0.5) is 0 Å². The summed E-state index contributed by atoms with van der Waals surface area (Å²) in [5, 5.41) is 22.4. The van der Waals surface area contributed by atoms with E-state index in [0.717, 1.165) is 68.9 Å². The first kappa shape index (κ1) is 40.7. The molecular weight excluding hydrogens is 628 g/mol. The summed E-state index contributed by atoms with van der Waals surface area (Å²) in [6.45, 7) is 13.3. The molecule has 0 bridgehead atoms. The minimum Gasteiger partial charge on any atom is -0.508 e. The van der Waals surface area contributed by atoms with Crippen LogP contribution in [0.25, 0.3) is 0 Å². The van der Waals surface area contributed by atoms with Crippen molar-refractivity contribution < 1.29 is 33.9 Å². The van der Waals surface area contributed by atoms with Crippen molar-refractivity contribution in [1.29, 1.82) is 0 Å². The molecule has 0 saturated carbocycles. The fourth-order valence-corrected chi connectivity index (χ4v) is 6.64. The minimum atomic E-state index is -1.16. The first-order valence-corrected chi connectivity index (χ1v) is 19.1. The van der Waals surface area contributed by atoms with Crippen LogP contribution < -0.4 is 0 Å². The summed E-state index contributed by atoms with van der Waals surface area (Å²) >= 11 is 6.83. The van der Waals surface area contributed by atoms with Gasteiger partial charge in [0.15, 0.2) is 0 Å². The highest BCUT2D eigenvalue weighted by atomic mass is 35.5. The number of unbranched alkanes of at least 4 members (excludes halogenated alkanes) is 4. The molecule has 272 valence electrons. The Labute approximate surface area is 295 Å².